The molecule has 5 heteroatoms. The van der Waals surface area contributed by atoms with Crippen LogP contribution in [0.25, 0.3) is 0 Å². The number of benzene rings is 1. The van der Waals surface area contributed by atoms with E-state index in [9.17, 15) is 9.59 Å². The van der Waals surface area contributed by atoms with E-state index in [0.717, 1.165) is 56.6 Å². The minimum absolute atomic E-state index is 0.205. The zero-order chi connectivity index (χ0) is 17.4. The van der Waals surface area contributed by atoms with Crippen LogP contribution < -0.4 is 4.74 Å². The molecule has 5 nitrogen and oxygen atoms in total. The van der Waals surface area contributed by atoms with E-state index in [1.807, 2.05) is 34.1 Å². The Kier molecular flexibility index (Phi) is 4.18. The second-order valence-corrected chi connectivity index (χ2v) is 7.74. The van der Waals surface area contributed by atoms with Crippen LogP contribution in [0.2, 0.25) is 0 Å². The molecular weight excluding hydrogens is 316 g/mol. The van der Waals surface area contributed by atoms with E-state index in [-0.39, 0.29) is 17.2 Å². The summed E-state index contributed by atoms with van der Waals surface area (Å²) in [4.78, 5) is 29.0. The summed E-state index contributed by atoms with van der Waals surface area (Å²) in [5.41, 5.74) is 0.921. The van der Waals surface area contributed by atoms with Gasteiger partial charge >= 0.3 is 0 Å². The first-order valence-corrected chi connectivity index (χ1v) is 9.32. The molecular formula is C20H26N2O3. The van der Waals surface area contributed by atoms with Crippen LogP contribution in [0.15, 0.2) is 24.3 Å². The molecule has 0 radical (unpaired) electrons. The second kappa shape index (κ2) is 6.36. The highest BCUT2D eigenvalue weighted by molar-refractivity contribution is 5.89. The topological polar surface area (TPSA) is 49.9 Å². The van der Waals surface area contributed by atoms with Crippen molar-refractivity contribution in [3.63, 3.8) is 0 Å². The van der Waals surface area contributed by atoms with Gasteiger partial charge in [0.15, 0.2) is 0 Å². The third-order valence-electron chi connectivity index (χ3n) is 6.25. The average Bonchev–Trinajstić information content (AvgIpc) is 2.60. The highest BCUT2D eigenvalue weighted by atomic mass is 16.5. The lowest BCUT2D eigenvalue weighted by atomic mass is 9.70. The highest BCUT2D eigenvalue weighted by Crippen LogP contribution is 2.43. The van der Waals surface area contributed by atoms with Gasteiger partial charge in [-0.1, -0.05) is 18.6 Å². The van der Waals surface area contributed by atoms with Gasteiger partial charge in [0.25, 0.3) is 0 Å². The summed E-state index contributed by atoms with van der Waals surface area (Å²) in [6, 6.07) is 7.88. The molecule has 0 N–H and O–H groups in total. The first kappa shape index (κ1) is 16.4. The fraction of sp³-hybridized carbons (Fsp3) is 0.600. The van der Waals surface area contributed by atoms with Gasteiger partial charge < -0.3 is 14.5 Å². The molecule has 2 heterocycles. The van der Waals surface area contributed by atoms with Gasteiger partial charge in [0, 0.05) is 32.1 Å². The summed E-state index contributed by atoms with van der Waals surface area (Å²) >= 11 is 0. The van der Waals surface area contributed by atoms with E-state index >= 15 is 0 Å². The van der Waals surface area contributed by atoms with E-state index in [1.165, 1.54) is 6.42 Å². The number of hydrogen-bond acceptors (Lipinski definition) is 3. The van der Waals surface area contributed by atoms with Crippen LogP contribution >= 0.6 is 0 Å². The summed E-state index contributed by atoms with van der Waals surface area (Å²) in [6.45, 7) is 2.98. The number of β-lactam (4-membered cyclic amide) rings is 1. The number of methoxy groups -OCH3 is 1. The van der Waals surface area contributed by atoms with Crippen LogP contribution in [0.5, 0.6) is 5.75 Å². The SMILES string of the molecule is COc1ccc(CN2CC3(CCN(C(=O)C4CCC4)CC3)C2=O)cc1. The van der Waals surface area contributed by atoms with Gasteiger partial charge in [-0.25, -0.2) is 0 Å². The Bertz CT molecular complexity index is 658. The lowest BCUT2D eigenvalue weighted by Crippen LogP contribution is -2.64. The number of amides is 2. The maximum atomic E-state index is 12.7. The van der Waals surface area contributed by atoms with Crippen molar-refractivity contribution in [3.05, 3.63) is 29.8 Å². The Morgan fingerprint density at radius 1 is 1.20 bits per heavy atom. The largest absolute Gasteiger partial charge is 0.497 e. The van der Waals surface area contributed by atoms with Crippen molar-refractivity contribution < 1.29 is 14.3 Å². The Morgan fingerprint density at radius 2 is 1.88 bits per heavy atom. The molecule has 2 saturated heterocycles. The van der Waals surface area contributed by atoms with Gasteiger partial charge in [0.05, 0.1) is 12.5 Å². The standard InChI is InChI=1S/C20H26N2O3/c1-25-17-7-5-15(6-8-17)13-22-14-20(19(22)24)9-11-21(12-10-20)18(23)16-3-2-4-16/h5-8,16H,2-4,9-14H2,1H3. The lowest BCUT2D eigenvalue weighted by Gasteiger charge is -2.53. The predicted octanol–water partition coefficient (Wildman–Crippen LogP) is 2.45. The number of piperidine rings is 1. The smallest absolute Gasteiger partial charge is 0.231 e. The number of carbonyl (C=O) groups is 2. The van der Waals surface area contributed by atoms with Crippen molar-refractivity contribution in [2.45, 2.75) is 38.6 Å². The number of nitrogens with zero attached hydrogens (tertiary/aromatic N) is 2. The highest BCUT2D eigenvalue weighted by Gasteiger charge is 2.53. The maximum Gasteiger partial charge on any atom is 0.231 e. The van der Waals surface area contributed by atoms with E-state index < -0.39 is 0 Å². The minimum atomic E-state index is -0.205. The van der Waals surface area contributed by atoms with Crippen molar-refractivity contribution in [2.75, 3.05) is 26.7 Å². The monoisotopic (exact) mass is 342 g/mol. The molecule has 25 heavy (non-hydrogen) atoms. The van der Waals surface area contributed by atoms with Crippen LogP contribution in [-0.2, 0) is 16.1 Å². The molecule has 0 aromatic heterocycles. The second-order valence-electron chi connectivity index (χ2n) is 7.74. The maximum absolute atomic E-state index is 12.7. The summed E-state index contributed by atoms with van der Waals surface area (Å²) in [5.74, 6) is 1.68. The van der Waals surface area contributed by atoms with Gasteiger partial charge in [-0.05, 0) is 43.4 Å². The predicted molar refractivity (Wildman–Crippen MR) is 94.0 cm³/mol. The van der Waals surface area contributed by atoms with E-state index in [4.69, 9.17) is 4.74 Å². The van der Waals surface area contributed by atoms with Gasteiger partial charge in [-0.3, -0.25) is 9.59 Å². The third-order valence-corrected chi connectivity index (χ3v) is 6.25. The molecule has 1 saturated carbocycles. The van der Waals surface area contributed by atoms with Crippen molar-refractivity contribution in [3.8, 4) is 5.75 Å². The Labute approximate surface area is 148 Å². The van der Waals surface area contributed by atoms with Crippen molar-refractivity contribution in [1.82, 2.24) is 9.80 Å². The molecule has 3 aliphatic rings. The van der Waals surface area contributed by atoms with Crippen LogP contribution in [0, 0.1) is 11.3 Å². The Hall–Kier alpha value is -2.04. The number of carbonyl (C=O) groups excluding carboxylic acids is 2. The van der Waals surface area contributed by atoms with Gasteiger partial charge in [0.2, 0.25) is 11.8 Å². The molecule has 0 unspecified atom stereocenters. The number of rotatable bonds is 4. The lowest BCUT2D eigenvalue weighted by molar-refractivity contribution is -0.169. The van der Waals surface area contributed by atoms with E-state index in [1.54, 1.807) is 7.11 Å². The Morgan fingerprint density at radius 3 is 2.40 bits per heavy atom. The quantitative estimate of drug-likeness (QED) is 0.790. The summed E-state index contributed by atoms with van der Waals surface area (Å²) < 4.78 is 5.17. The molecule has 3 fully saturated rings. The molecule has 1 aliphatic carbocycles. The number of likely N-dealkylation sites (tertiary alicyclic amines) is 2. The van der Waals surface area contributed by atoms with Crippen molar-refractivity contribution >= 4 is 11.8 Å². The third kappa shape index (κ3) is 2.90. The summed E-state index contributed by atoms with van der Waals surface area (Å²) in [5, 5.41) is 0. The van der Waals surface area contributed by atoms with Crippen LogP contribution in [0.4, 0.5) is 0 Å². The molecule has 134 valence electrons. The molecule has 1 spiro atoms. The fourth-order valence-electron chi connectivity index (χ4n) is 4.27. The van der Waals surface area contributed by atoms with Crippen LogP contribution in [0.1, 0.15) is 37.7 Å². The fourth-order valence-corrected chi connectivity index (χ4v) is 4.27. The Balaban J connectivity index is 1.30. The summed E-state index contributed by atoms with van der Waals surface area (Å²) in [7, 11) is 1.65. The molecule has 0 bridgehead atoms. The normalized spacial score (nSPS) is 22.5. The average molecular weight is 342 g/mol. The van der Waals surface area contributed by atoms with Crippen LogP contribution in [0.3, 0.4) is 0 Å². The summed E-state index contributed by atoms with van der Waals surface area (Å²) in [6.07, 6.45) is 4.93. The number of hydrogen-bond donors (Lipinski definition) is 0. The molecule has 1 aromatic carbocycles. The van der Waals surface area contributed by atoms with Gasteiger partial charge in [-0.15, -0.1) is 0 Å². The molecule has 2 aliphatic heterocycles. The number of ether oxygens (including phenoxy) is 1. The first-order valence-electron chi connectivity index (χ1n) is 9.32. The van der Waals surface area contributed by atoms with E-state index in [2.05, 4.69) is 0 Å². The van der Waals surface area contributed by atoms with Crippen LogP contribution in [-0.4, -0.2) is 48.4 Å². The minimum Gasteiger partial charge on any atom is -0.497 e. The first-order chi connectivity index (χ1) is 12.1. The molecule has 2 amide bonds. The molecule has 4 rings (SSSR count). The van der Waals surface area contributed by atoms with E-state index in [0.29, 0.717) is 12.5 Å². The zero-order valence-electron chi connectivity index (χ0n) is 14.9. The molecule has 0 atom stereocenters. The van der Waals surface area contributed by atoms with Gasteiger partial charge in [0.1, 0.15) is 5.75 Å². The van der Waals surface area contributed by atoms with Crippen molar-refractivity contribution in [2.24, 2.45) is 11.3 Å². The zero-order valence-corrected chi connectivity index (χ0v) is 14.9. The van der Waals surface area contributed by atoms with Crippen molar-refractivity contribution in [1.29, 1.82) is 0 Å². The van der Waals surface area contributed by atoms with Gasteiger partial charge in [-0.2, -0.15) is 0 Å². The molecule has 1 aromatic rings.